The molecule has 2 rings (SSSR count). The molecule has 0 fully saturated rings. The van der Waals surface area contributed by atoms with Crippen LogP contribution < -0.4 is 5.32 Å². The maximum atomic E-state index is 10.9. The van der Waals surface area contributed by atoms with Gasteiger partial charge in [0.15, 0.2) is 5.69 Å². The molecule has 0 atom stereocenters. The zero-order valence-electron chi connectivity index (χ0n) is 10.5. The maximum Gasteiger partial charge on any atom is 0.354 e. The Morgan fingerprint density at radius 3 is 2.80 bits per heavy atom. The Labute approximate surface area is 113 Å². The Bertz CT molecular complexity index is 667. The van der Waals surface area contributed by atoms with Crippen molar-refractivity contribution in [2.45, 2.75) is 6.54 Å². The number of carbonyl (C=O) groups is 1. The Balaban J connectivity index is 2.28. The van der Waals surface area contributed by atoms with E-state index in [0.717, 1.165) is 17.8 Å². The van der Waals surface area contributed by atoms with Crippen LogP contribution >= 0.6 is 0 Å². The highest BCUT2D eigenvalue weighted by Crippen LogP contribution is 2.22. The molecule has 9 heteroatoms. The van der Waals surface area contributed by atoms with Gasteiger partial charge in [0.1, 0.15) is 0 Å². The van der Waals surface area contributed by atoms with Crippen molar-refractivity contribution in [3.63, 3.8) is 0 Å². The first-order valence-electron chi connectivity index (χ1n) is 5.58. The van der Waals surface area contributed by atoms with Gasteiger partial charge in [-0.15, -0.1) is 0 Å². The van der Waals surface area contributed by atoms with Gasteiger partial charge in [0.2, 0.25) is 5.82 Å². The molecular formula is C11H11N5O4. The number of carboxylic acid groups (broad SMARTS) is 1. The Morgan fingerprint density at radius 1 is 1.50 bits per heavy atom. The van der Waals surface area contributed by atoms with Gasteiger partial charge in [-0.3, -0.25) is 14.8 Å². The number of nitrogens with zero attached hydrogens (tertiary/aromatic N) is 4. The minimum absolute atomic E-state index is 0.0869. The van der Waals surface area contributed by atoms with Crippen LogP contribution in [0.25, 0.3) is 0 Å². The highest BCUT2D eigenvalue weighted by Gasteiger charge is 2.18. The number of hydrogen-bond donors (Lipinski definition) is 2. The minimum atomic E-state index is -1.25. The van der Waals surface area contributed by atoms with Crippen LogP contribution in [-0.2, 0) is 13.6 Å². The van der Waals surface area contributed by atoms with Crippen LogP contribution in [0.3, 0.4) is 0 Å². The summed E-state index contributed by atoms with van der Waals surface area (Å²) < 4.78 is 1.60. The van der Waals surface area contributed by atoms with Crippen LogP contribution in [-0.4, -0.2) is 30.8 Å². The van der Waals surface area contributed by atoms with Gasteiger partial charge < -0.3 is 10.4 Å². The van der Waals surface area contributed by atoms with E-state index in [2.05, 4.69) is 15.4 Å². The fraction of sp³-hybridized carbons (Fsp3) is 0.182. The summed E-state index contributed by atoms with van der Waals surface area (Å²) in [5, 5.41) is 26.5. The van der Waals surface area contributed by atoms with E-state index < -0.39 is 10.9 Å². The van der Waals surface area contributed by atoms with Crippen molar-refractivity contribution in [2.75, 3.05) is 5.32 Å². The van der Waals surface area contributed by atoms with Gasteiger partial charge in [0.25, 0.3) is 0 Å². The number of pyridine rings is 1. The smallest absolute Gasteiger partial charge is 0.354 e. The summed E-state index contributed by atoms with van der Waals surface area (Å²) >= 11 is 0. The summed E-state index contributed by atoms with van der Waals surface area (Å²) in [5.41, 5.74) is 0.238. The highest BCUT2D eigenvalue weighted by atomic mass is 16.6. The second kappa shape index (κ2) is 5.34. The number of aryl methyl sites for hydroxylation is 1. The first-order chi connectivity index (χ1) is 9.49. The third-order valence-corrected chi connectivity index (χ3v) is 2.65. The summed E-state index contributed by atoms with van der Waals surface area (Å²) in [6, 6.07) is 3.94. The Hall–Kier alpha value is -2.97. The average molecular weight is 277 g/mol. The van der Waals surface area contributed by atoms with Crippen molar-refractivity contribution in [1.82, 2.24) is 14.8 Å². The monoisotopic (exact) mass is 277 g/mol. The quantitative estimate of drug-likeness (QED) is 0.618. The number of hydrogen-bond acceptors (Lipinski definition) is 6. The summed E-state index contributed by atoms with van der Waals surface area (Å²) in [6.45, 7) is 0.243. The molecule has 20 heavy (non-hydrogen) atoms. The van der Waals surface area contributed by atoms with Crippen molar-refractivity contribution in [1.29, 1.82) is 0 Å². The van der Waals surface area contributed by atoms with Crippen LogP contribution in [0.15, 0.2) is 24.4 Å². The van der Waals surface area contributed by atoms with E-state index in [1.165, 1.54) is 0 Å². The van der Waals surface area contributed by atoms with Gasteiger partial charge in [0, 0.05) is 19.3 Å². The first kappa shape index (κ1) is 13.5. The third kappa shape index (κ3) is 2.71. The van der Waals surface area contributed by atoms with E-state index in [0.29, 0.717) is 0 Å². The number of carboxylic acids is 1. The molecule has 0 saturated carbocycles. The zero-order chi connectivity index (χ0) is 14.7. The van der Waals surface area contributed by atoms with Gasteiger partial charge in [-0.1, -0.05) is 0 Å². The fourth-order valence-electron chi connectivity index (χ4n) is 1.60. The van der Waals surface area contributed by atoms with Crippen molar-refractivity contribution >= 4 is 17.5 Å². The molecule has 2 aromatic rings. The summed E-state index contributed by atoms with van der Waals surface area (Å²) in [5.74, 6) is -1.33. The molecular weight excluding hydrogens is 266 g/mol. The lowest BCUT2D eigenvalue weighted by molar-refractivity contribution is -0.384. The first-order valence-corrected chi connectivity index (χ1v) is 5.58. The molecule has 0 bridgehead atoms. The highest BCUT2D eigenvalue weighted by molar-refractivity contribution is 5.86. The molecule has 2 aromatic heterocycles. The van der Waals surface area contributed by atoms with Gasteiger partial charge in [-0.25, -0.2) is 9.78 Å². The predicted octanol–water partition coefficient (Wildman–Crippen LogP) is 1.03. The molecule has 0 aliphatic rings. The lowest BCUT2D eigenvalue weighted by atomic mass is 10.3. The SMILES string of the molecule is Cn1nccc1CNc1nc(C(=O)O)ccc1[N+](=O)[O-]. The molecule has 0 aromatic carbocycles. The lowest BCUT2D eigenvalue weighted by Gasteiger charge is -2.07. The number of aromatic nitrogens is 3. The van der Waals surface area contributed by atoms with Gasteiger partial charge in [-0.05, 0) is 12.1 Å². The molecule has 9 nitrogen and oxygen atoms in total. The minimum Gasteiger partial charge on any atom is -0.477 e. The molecule has 0 saturated heterocycles. The summed E-state index contributed by atoms with van der Waals surface area (Å²) in [7, 11) is 1.73. The Kier molecular flexibility index (Phi) is 3.60. The van der Waals surface area contributed by atoms with E-state index in [-0.39, 0.29) is 23.7 Å². The van der Waals surface area contributed by atoms with Gasteiger partial charge in [-0.2, -0.15) is 5.10 Å². The van der Waals surface area contributed by atoms with Crippen LogP contribution in [0.1, 0.15) is 16.2 Å². The van der Waals surface area contributed by atoms with E-state index in [9.17, 15) is 14.9 Å². The largest absolute Gasteiger partial charge is 0.477 e. The number of nitrogens with one attached hydrogen (secondary N) is 1. The topological polar surface area (TPSA) is 123 Å². The third-order valence-electron chi connectivity index (χ3n) is 2.65. The van der Waals surface area contributed by atoms with Crippen LogP contribution in [0.2, 0.25) is 0 Å². The van der Waals surface area contributed by atoms with E-state index >= 15 is 0 Å². The molecule has 2 heterocycles. The molecule has 0 unspecified atom stereocenters. The normalized spacial score (nSPS) is 10.2. The molecule has 104 valence electrons. The fourth-order valence-corrected chi connectivity index (χ4v) is 1.60. The van der Waals surface area contributed by atoms with Crippen molar-refractivity contribution in [3.8, 4) is 0 Å². The second-order valence-corrected chi connectivity index (χ2v) is 3.93. The maximum absolute atomic E-state index is 10.9. The van der Waals surface area contributed by atoms with Gasteiger partial charge >= 0.3 is 11.7 Å². The number of nitro groups is 1. The lowest BCUT2D eigenvalue weighted by Crippen LogP contribution is -2.10. The van der Waals surface area contributed by atoms with Crippen LogP contribution in [0.5, 0.6) is 0 Å². The Morgan fingerprint density at radius 2 is 2.25 bits per heavy atom. The van der Waals surface area contributed by atoms with Crippen molar-refractivity contribution in [2.24, 2.45) is 7.05 Å². The molecule has 0 aliphatic heterocycles. The van der Waals surface area contributed by atoms with E-state index in [1.807, 2.05) is 0 Å². The second-order valence-electron chi connectivity index (χ2n) is 3.93. The predicted molar refractivity (Wildman–Crippen MR) is 68.4 cm³/mol. The van der Waals surface area contributed by atoms with E-state index in [1.54, 1.807) is 24.0 Å². The average Bonchev–Trinajstić information content (AvgIpc) is 2.81. The van der Waals surface area contributed by atoms with Crippen LogP contribution in [0.4, 0.5) is 11.5 Å². The van der Waals surface area contributed by atoms with Crippen molar-refractivity contribution in [3.05, 3.63) is 45.9 Å². The number of anilines is 1. The number of rotatable bonds is 5. The molecule has 0 amide bonds. The summed E-state index contributed by atoms with van der Waals surface area (Å²) in [6.07, 6.45) is 1.59. The molecule has 2 N–H and O–H groups in total. The standard InChI is InChI=1S/C11H11N5O4/c1-15-7(4-5-13-15)6-12-10-9(16(19)20)3-2-8(14-10)11(17)18/h2-5H,6H2,1H3,(H,12,14)(H,17,18). The zero-order valence-corrected chi connectivity index (χ0v) is 10.5. The van der Waals surface area contributed by atoms with Crippen LogP contribution in [0, 0.1) is 10.1 Å². The molecule has 0 spiro atoms. The van der Waals surface area contributed by atoms with E-state index in [4.69, 9.17) is 5.11 Å². The molecule has 0 aliphatic carbocycles. The molecule has 0 radical (unpaired) electrons. The summed E-state index contributed by atoms with van der Waals surface area (Å²) in [4.78, 5) is 24.9. The van der Waals surface area contributed by atoms with Gasteiger partial charge in [0.05, 0.1) is 17.2 Å². The van der Waals surface area contributed by atoms with Crippen molar-refractivity contribution < 1.29 is 14.8 Å². The number of aromatic carboxylic acids is 1.